The van der Waals surface area contributed by atoms with Crippen LogP contribution in [0.3, 0.4) is 0 Å². The zero-order valence-electron chi connectivity index (χ0n) is 10.2. The molecule has 0 aliphatic heterocycles. The summed E-state index contributed by atoms with van der Waals surface area (Å²) in [5.74, 6) is 0.640. The van der Waals surface area contributed by atoms with E-state index in [2.05, 4.69) is 15.5 Å². The van der Waals surface area contributed by atoms with Crippen LogP contribution in [-0.4, -0.2) is 35.7 Å². The van der Waals surface area contributed by atoms with E-state index in [1.54, 1.807) is 10.7 Å². The molecule has 19 heavy (non-hydrogen) atoms. The molecule has 0 amide bonds. The van der Waals surface area contributed by atoms with E-state index in [-0.39, 0.29) is 10.6 Å². The van der Waals surface area contributed by atoms with Gasteiger partial charge in [0.2, 0.25) is 0 Å². The van der Waals surface area contributed by atoms with Crippen molar-refractivity contribution < 1.29 is 13.2 Å². The summed E-state index contributed by atoms with van der Waals surface area (Å²) < 4.78 is 29.6. The van der Waals surface area contributed by atoms with Gasteiger partial charge in [0.1, 0.15) is 10.6 Å². The second-order valence-electron chi connectivity index (χ2n) is 3.62. The van der Waals surface area contributed by atoms with Crippen LogP contribution in [0.25, 0.3) is 11.4 Å². The van der Waals surface area contributed by atoms with Gasteiger partial charge in [0, 0.05) is 22.8 Å². The molecule has 0 saturated heterocycles. The molecule has 2 aromatic rings. The van der Waals surface area contributed by atoms with Crippen molar-refractivity contribution in [3.05, 3.63) is 18.2 Å². The lowest BCUT2D eigenvalue weighted by Gasteiger charge is -2.08. The third-order valence-electron chi connectivity index (χ3n) is 2.52. The van der Waals surface area contributed by atoms with Gasteiger partial charge in [-0.15, -0.1) is 5.10 Å². The second-order valence-corrected chi connectivity index (χ2v) is 6.16. The number of ether oxygens (including phenoxy) is 1. The average Bonchev–Trinajstić information content (AvgIpc) is 2.85. The zero-order valence-corrected chi connectivity index (χ0v) is 11.8. The van der Waals surface area contributed by atoms with E-state index in [1.807, 2.05) is 6.92 Å². The molecule has 102 valence electrons. The number of tetrazole rings is 1. The zero-order chi connectivity index (χ0) is 14.0. The molecule has 0 atom stereocenters. The molecule has 0 aliphatic rings. The van der Waals surface area contributed by atoms with Crippen LogP contribution in [0.5, 0.6) is 5.75 Å². The molecule has 7 nitrogen and oxygen atoms in total. The summed E-state index contributed by atoms with van der Waals surface area (Å²) in [6.07, 6.45) is 0. The van der Waals surface area contributed by atoms with Crippen molar-refractivity contribution in [3.8, 4) is 17.1 Å². The van der Waals surface area contributed by atoms with Crippen molar-refractivity contribution >= 4 is 19.7 Å². The fourth-order valence-electron chi connectivity index (χ4n) is 1.63. The predicted octanol–water partition coefficient (Wildman–Crippen LogP) is 1.30. The smallest absolute Gasteiger partial charge is 0.265 e. The number of halogens is 1. The quantitative estimate of drug-likeness (QED) is 0.791. The van der Waals surface area contributed by atoms with Crippen LogP contribution in [0.15, 0.2) is 23.1 Å². The van der Waals surface area contributed by atoms with Gasteiger partial charge in [0.05, 0.1) is 7.11 Å². The van der Waals surface area contributed by atoms with Gasteiger partial charge >= 0.3 is 0 Å². The van der Waals surface area contributed by atoms with Crippen molar-refractivity contribution in [1.82, 2.24) is 20.2 Å². The monoisotopic (exact) mass is 302 g/mol. The molecule has 1 aromatic carbocycles. The lowest BCUT2D eigenvalue weighted by molar-refractivity contribution is 0.403. The maximum Gasteiger partial charge on any atom is 0.265 e. The molecule has 0 fully saturated rings. The summed E-state index contributed by atoms with van der Waals surface area (Å²) in [5.41, 5.74) is 0.548. The maximum absolute atomic E-state index is 11.5. The third kappa shape index (κ3) is 2.69. The Morgan fingerprint density at radius 1 is 1.42 bits per heavy atom. The van der Waals surface area contributed by atoms with Crippen molar-refractivity contribution in [2.45, 2.75) is 18.4 Å². The Morgan fingerprint density at radius 3 is 2.74 bits per heavy atom. The van der Waals surface area contributed by atoms with E-state index in [1.165, 1.54) is 19.2 Å². The Morgan fingerprint density at radius 2 is 2.16 bits per heavy atom. The van der Waals surface area contributed by atoms with Crippen LogP contribution in [0.4, 0.5) is 0 Å². The minimum atomic E-state index is -3.91. The molecular weight excluding hydrogens is 292 g/mol. The molecule has 1 heterocycles. The summed E-state index contributed by atoms with van der Waals surface area (Å²) in [6, 6.07) is 4.57. The third-order valence-corrected chi connectivity index (χ3v) is 3.86. The van der Waals surface area contributed by atoms with Gasteiger partial charge in [-0.05, 0) is 35.5 Å². The van der Waals surface area contributed by atoms with Crippen LogP contribution in [0, 0.1) is 0 Å². The molecule has 0 aliphatic carbocycles. The fraction of sp³-hybridized carbons (Fsp3) is 0.300. The molecule has 2 rings (SSSR count). The molecule has 1 aromatic heterocycles. The largest absolute Gasteiger partial charge is 0.495 e. The van der Waals surface area contributed by atoms with Gasteiger partial charge in [-0.2, -0.15) is 0 Å². The first-order valence-electron chi connectivity index (χ1n) is 5.36. The molecule has 0 N–H and O–H groups in total. The predicted molar refractivity (Wildman–Crippen MR) is 68.5 cm³/mol. The minimum absolute atomic E-state index is 0.111. The van der Waals surface area contributed by atoms with Gasteiger partial charge in [-0.1, -0.05) is 0 Å². The molecule has 0 saturated carbocycles. The maximum atomic E-state index is 11.5. The number of aromatic nitrogens is 4. The van der Waals surface area contributed by atoms with Gasteiger partial charge in [0.25, 0.3) is 9.05 Å². The van der Waals surface area contributed by atoms with Gasteiger partial charge in [0.15, 0.2) is 5.82 Å². The SMILES string of the molecule is CCn1nnnc1-c1ccc(OC)c(S(=O)(=O)Cl)c1. The first-order chi connectivity index (χ1) is 8.97. The lowest BCUT2D eigenvalue weighted by Crippen LogP contribution is -2.01. The second kappa shape index (κ2) is 5.14. The number of aryl methyl sites for hydroxylation is 1. The molecule has 0 radical (unpaired) electrons. The number of methoxy groups -OCH3 is 1. The van der Waals surface area contributed by atoms with Crippen molar-refractivity contribution in [3.63, 3.8) is 0 Å². The highest BCUT2D eigenvalue weighted by Crippen LogP contribution is 2.30. The first kappa shape index (κ1) is 13.8. The van der Waals surface area contributed by atoms with Gasteiger partial charge in [-0.3, -0.25) is 0 Å². The Balaban J connectivity index is 2.62. The number of hydrogen-bond acceptors (Lipinski definition) is 6. The Labute approximate surface area is 114 Å². The first-order valence-corrected chi connectivity index (χ1v) is 7.67. The van der Waals surface area contributed by atoms with Gasteiger partial charge in [-0.25, -0.2) is 13.1 Å². The fourth-order valence-corrected chi connectivity index (χ4v) is 2.65. The van der Waals surface area contributed by atoms with E-state index < -0.39 is 9.05 Å². The number of nitrogens with zero attached hydrogens (tertiary/aromatic N) is 4. The molecular formula is C10H11ClN4O3S. The molecule has 9 heteroatoms. The summed E-state index contributed by atoms with van der Waals surface area (Å²) in [5, 5.41) is 11.2. The van der Waals surface area contributed by atoms with Crippen molar-refractivity contribution in [1.29, 1.82) is 0 Å². The van der Waals surface area contributed by atoms with Crippen LogP contribution < -0.4 is 4.74 Å². The number of hydrogen-bond donors (Lipinski definition) is 0. The topological polar surface area (TPSA) is 87.0 Å². The van der Waals surface area contributed by atoms with E-state index in [0.717, 1.165) is 0 Å². The van der Waals surface area contributed by atoms with Crippen molar-refractivity contribution in [2.24, 2.45) is 0 Å². The highest BCUT2D eigenvalue weighted by molar-refractivity contribution is 8.13. The van der Waals surface area contributed by atoms with E-state index in [9.17, 15) is 8.42 Å². The lowest BCUT2D eigenvalue weighted by atomic mass is 10.2. The standard InChI is InChI=1S/C10H11ClN4O3S/c1-3-15-10(12-13-14-15)7-4-5-8(18-2)9(6-7)19(11,16)17/h4-6H,3H2,1-2H3. The molecule has 0 unspecified atom stereocenters. The molecule has 0 bridgehead atoms. The highest BCUT2D eigenvalue weighted by Gasteiger charge is 2.19. The van der Waals surface area contributed by atoms with Crippen molar-refractivity contribution in [2.75, 3.05) is 7.11 Å². The van der Waals surface area contributed by atoms with Gasteiger partial charge < -0.3 is 4.74 Å². The minimum Gasteiger partial charge on any atom is -0.495 e. The Bertz CT molecular complexity index is 699. The number of benzene rings is 1. The summed E-state index contributed by atoms with van der Waals surface area (Å²) >= 11 is 0. The van der Waals surface area contributed by atoms with Crippen LogP contribution in [-0.2, 0) is 15.6 Å². The Kier molecular flexibility index (Phi) is 3.72. The summed E-state index contributed by atoms with van der Waals surface area (Å²) in [6.45, 7) is 2.44. The summed E-state index contributed by atoms with van der Waals surface area (Å²) in [7, 11) is 2.85. The Hall–Kier alpha value is -1.67. The average molecular weight is 303 g/mol. The normalized spacial score (nSPS) is 11.5. The summed E-state index contributed by atoms with van der Waals surface area (Å²) in [4.78, 5) is -0.111. The van der Waals surface area contributed by atoms with E-state index >= 15 is 0 Å². The van der Waals surface area contributed by atoms with Crippen LogP contribution >= 0.6 is 10.7 Å². The van der Waals surface area contributed by atoms with E-state index in [4.69, 9.17) is 15.4 Å². The molecule has 0 spiro atoms. The van der Waals surface area contributed by atoms with E-state index in [0.29, 0.717) is 17.9 Å². The van der Waals surface area contributed by atoms with Crippen LogP contribution in [0.2, 0.25) is 0 Å². The number of rotatable bonds is 4. The highest BCUT2D eigenvalue weighted by atomic mass is 35.7. The van der Waals surface area contributed by atoms with Crippen LogP contribution in [0.1, 0.15) is 6.92 Å².